The lowest BCUT2D eigenvalue weighted by Crippen LogP contribution is -2.42. The summed E-state index contributed by atoms with van der Waals surface area (Å²) in [7, 11) is 5.11. The molecule has 1 aliphatic heterocycles. The van der Waals surface area contributed by atoms with Crippen molar-refractivity contribution in [1.82, 2.24) is 9.80 Å². The van der Waals surface area contributed by atoms with Crippen molar-refractivity contribution in [3.05, 3.63) is 30.0 Å². The number of anilines is 1. The molecule has 1 fully saturated rings. The van der Waals surface area contributed by atoms with Gasteiger partial charge in [0, 0.05) is 38.4 Å². The third kappa shape index (κ3) is 4.40. The third-order valence-corrected chi connectivity index (χ3v) is 3.87. The van der Waals surface area contributed by atoms with Crippen LogP contribution in [0.4, 0.5) is 5.69 Å². The summed E-state index contributed by atoms with van der Waals surface area (Å²) in [4.78, 5) is 16.6. The lowest BCUT2D eigenvalue weighted by Gasteiger charge is -2.31. The largest absolute Gasteiger partial charge is 0.497 e. The van der Waals surface area contributed by atoms with E-state index in [2.05, 4.69) is 10.2 Å². The molecule has 0 bridgehead atoms. The monoisotopic (exact) mass is 330 g/mol. The standard InChI is InChI=1S/C17H22N4O3/c1-20-6-8-21(9-7-20)12-13(11-18)17(22)19-15-10-14(23-2)4-5-16(15)24-3/h4-5,10,12H,6-9H2,1-3H3,(H,19,22)/b13-12-. The van der Waals surface area contributed by atoms with Gasteiger partial charge in [-0.2, -0.15) is 5.26 Å². The average molecular weight is 330 g/mol. The summed E-state index contributed by atoms with van der Waals surface area (Å²) in [6.07, 6.45) is 1.62. The Kier molecular flexibility index (Phi) is 6.04. The smallest absolute Gasteiger partial charge is 0.267 e. The Morgan fingerprint density at radius 1 is 1.25 bits per heavy atom. The normalized spacial score (nSPS) is 15.6. The van der Waals surface area contributed by atoms with E-state index in [0.29, 0.717) is 17.2 Å². The van der Waals surface area contributed by atoms with E-state index in [1.807, 2.05) is 18.0 Å². The van der Waals surface area contributed by atoms with Crippen molar-refractivity contribution in [1.29, 1.82) is 5.26 Å². The Bertz CT molecular complexity index is 658. The zero-order chi connectivity index (χ0) is 17.5. The second-order valence-electron chi connectivity index (χ2n) is 5.51. The van der Waals surface area contributed by atoms with Gasteiger partial charge in [0.2, 0.25) is 0 Å². The van der Waals surface area contributed by atoms with E-state index in [1.165, 1.54) is 7.11 Å². The molecule has 0 spiro atoms. The van der Waals surface area contributed by atoms with Crippen molar-refractivity contribution in [3.8, 4) is 17.6 Å². The minimum Gasteiger partial charge on any atom is -0.497 e. The molecule has 0 aliphatic carbocycles. The van der Waals surface area contributed by atoms with Gasteiger partial charge in [-0.25, -0.2) is 0 Å². The van der Waals surface area contributed by atoms with Gasteiger partial charge in [0.05, 0.1) is 19.9 Å². The molecule has 0 aromatic heterocycles. The van der Waals surface area contributed by atoms with Crippen LogP contribution in [-0.2, 0) is 4.79 Å². The number of nitriles is 1. The number of nitrogens with zero attached hydrogens (tertiary/aromatic N) is 3. The second kappa shape index (κ2) is 8.22. The van der Waals surface area contributed by atoms with E-state index in [0.717, 1.165) is 26.2 Å². The van der Waals surface area contributed by atoms with Crippen molar-refractivity contribution in [2.45, 2.75) is 0 Å². The maximum Gasteiger partial charge on any atom is 0.267 e. The van der Waals surface area contributed by atoms with Crippen molar-refractivity contribution in [2.24, 2.45) is 0 Å². The average Bonchev–Trinajstić information content (AvgIpc) is 2.61. The van der Waals surface area contributed by atoms with E-state index in [1.54, 1.807) is 31.5 Å². The number of hydrogen-bond donors (Lipinski definition) is 1. The Balaban J connectivity index is 2.13. The Labute approximate surface area is 142 Å². The van der Waals surface area contributed by atoms with Gasteiger partial charge >= 0.3 is 0 Å². The lowest BCUT2D eigenvalue weighted by molar-refractivity contribution is -0.112. The number of ether oxygens (including phenoxy) is 2. The van der Waals surface area contributed by atoms with Gasteiger partial charge in [-0.15, -0.1) is 0 Å². The molecule has 1 aromatic rings. The molecule has 0 saturated carbocycles. The van der Waals surface area contributed by atoms with Crippen LogP contribution in [0.25, 0.3) is 0 Å². The van der Waals surface area contributed by atoms with Crippen LogP contribution in [0.15, 0.2) is 30.0 Å². The van der Waals surface area contributed by atoms with E-state index < -0.39 is 5.91 Å². The number of rotatable bonds is 5. The molecule has 7 heteroatoms. The van der Waals surface area contributed by atoms with Gasteiger partial charge in [-0.3, -0.25) is 4.79 Å². The number of likely N-dealkylation sites (N-methyl/N-ethyl adjacent to an activating group) is 1. The van der Waals surface area contributed by atoms with Crippen LogP contribution in [0.1, 0.15) is 0 Å². The van der Waals surface area contributed by atoms with E-state index in [4.69, 9.17) is 9.47 Å². The molecule has 0 radical (unpaired) electrons. The molecule has 1 amide bonds. The van der Waals surface area contributed by atoms with Crippen LogP contribution in [0.2, 0.25) is 0 Å². The van der Waals surface area contributed by atoms with Crippen LogP contribution in [0, 0.1) is 11.3 Å². The highest BCUT2D eigenvalue weighted by Crippen LogP contribution is 2.29. The molecule has 1 saturated heterocycles. The van der Waals surface area contributed by atoms with E-state index in [9.17, 15) is 10.1 Å². The highest BCUT2D eigenvalue weighted by molar-refractivity contribution is 6.07. The zero-order valence-electron chi connectivity index (χ0n) is 14.2. The second-order valence-corrected chi connectivity index (χ2v) is 5.51. The van der Waals surface area contributed by atoms with E-state index in [-0.39, 0.29) is 5.57 Å². The predicted molar refractivity (Wildman–Crippen MR) is 90.9 cm³/mol. The van der Waals surface area contributed by atoms with Crippen molar-refractivity contribution >= 4 is 11.6 Å². The zero-order valence-corrected chi connectivity index (χ0v) is 14.2. The molecule has 128 valence electrons. The predicted octanol–water partition coefficient (Wildman–Crippen LogP) is 1.30. The molecular formula is C17H22N4O3. The van der Waals surface area contributed by atoms with Crippen LogP contribution in [0.5, 0.6) is 11.5 Å². The van der Waals surface area contributed by atoms with Crippen molar-refractivity contribution < 1.29 is 14.3 Å². The lowest BCUT2D eigenvalue weighted by atomic mass is 10.2. The number of benzene rings is 1. The topological polar surface area (TPSA) is 77.8 Å². The molecule has 0 unspecified atom stereocenters. The summed E-state index contributed by atoms with van der Waals surface area (Å²) in [5.74, 6) is 0.622. The van der Waals surface area contributed by atoms with Crippen molar-refractivity contribution in [3.63, 3.8) is 0 Å². The maximum absolute atomic E-state index is 12.4. The summed E-state index contributed by atoms with van der Waals surface area (Å²) in [6.45, 7) is 3.38. The van der Waals surface area contributed by atoms with Gasteiger partial charge in [0.15, 0.2) is 0 Å². The molecular weight excluding hydrogens is 308 g/mol. The van der Waals surface area contributed by atoms with Gasteiger partial charge in [0.1, 0.15) is 23.1 Å². The fraction of sp³-hybridized carbons (Fsp3) is 0.412. The summed E-state index contributed by atoms with van der Waals surface area (Å²) in [5.41, 5.74) is 0.519. The summed E-state index contributed by atoms with van der Waals surface area (Å²) in [5, 5.41) is 12.0. The van der Waals surface area contributed by atoms with Crippen molar-refractivity contribution in [2.75, 3.05) is 52.8 Å². The molecule has 1 aliphatic rings. The number of carbonyl (C=O) groups is 1. The van der Waals surface area contributed by atoms with Gasteiger partial charge in [-0.1, -0.05) is 0 Å². The molecule has 1 N–H and O–H groups in total. The van der Waals surface area contributed by atoms with Gasteiger partial charge in [-0.05, 0) is 19.2 Å². The highest BCUT2D eigenvalue weighted by atomic mass is 16.5. The first-order chi connectivity index (χ1) is 11.6. The molecule has 2 rings (SSSR count). The van der Waals surface area contributed by atoms with Crippen LogP contribution in [-0.4, -0.2) is 63.2 Å². The van der Waals surface area contributed by atoms with Gasteiger partial charge < -0.3 is 24.6 Å². The minimum absolute atomic E-state index is 0.0597. The number of piperazine rings is 1. The first-order valence-electron chi connectivity index (χ1n) is 7.65. The Hall–Kier alpha value is -2.72. The summed E-state index contributed by atoms with van der Waals surface area (Å²) in [6, 6.07) is 7.06. The Morgan fingerprint density at radius 2 is 1.96 bits per heavy atom. The van der Waals surface area contributed by atoms with Crippen LogP contribution >= 0.6 is 0 Å². The first kappa shape index (κ1) is 17.6. The number of hydrogen-bond acceptors (Lipinski definition) is 6. The minimum atomic E-state index is -0.469. The highest BCUT2D eigenvalue weighted by Gasteiger charge is 2.17. The van der Waals surface area contributed by atoms with E-state index >= 15 is 0 Å². The summed E-state index contributed by atoms with van der Waals surface area (Å²) >= 11 is 0. The Morgan fingerprint density at radius 3 is 2.54 bits per heavy atom. The fourth-order valence-electron chi connectivity index (χ4n) is 2.37. The van der Waals surface area contributed by atoms with Crippen LogP contribution < -0.4 is 14.8 Å². The van der Waals surface area contributed by atoms with Crippen LogP contribution in [0.3, 0.4) is 0 Å². The molecule has 7 nitrogen and oxygen atoms in total. The third-order valence-electron chi connectivity index (χ3n) is 3.87. The number of carbonyl (C=O) groups excluding carboxylic acids is 1. The molecule has 1 aromatic carbocycles. The summed E-state index contributed by atoms with van der Waals surface area (Å²) < 4.78 is 10.4. The molecule has 0 atom stereocenters. The fourth-order valence-corrected chi connectivity index (χ4v) is 2.37. The quantitative estimate of drug-likeness (QED) is 0.648. The first-order valence-corrected chi connectivity index (χ1v) is 7.65. The number of nitrogens with one attached hydrogen (secondary N) is 1. The molecule has 24 heavy (non-hydrogen) atoms. The number of amides is 1. The number of methoxy groups -OCH3 is 2. The molecule has 1 heterocycles. The maximum atomic E-state index is 12.4. The SMILES string of the molecule is COc1ccc(OC)c(NC(=O)/C(C#N)=C\N2CCN(C)CC2)c1. The van der Waals surface area contributed by atoms with Gasteiger partial charge in [0.25, 0.3) is 5.91 Å².